The van der Waals surface area contributed by atoms with Crippen molar-refractivity contribution in [2.45, 2.75) is 77.0 Å². The number of carbonyl (C=O) groups excluding carboxylic acids is 2. The molecule has 4 rings (SSSR count). The summed E-state index contributed by atoms with van der Waals surface area (Å²) in [6.07, 6.45) is 4.77. The van der Waals surface area contributed by atoms with Gasteiger partial charge in [0.1, 0.15) is 18.1 Å². The van der Waals surface area contributed by atoms with Crippen molar-refractivity contribution in [3.63, 3.8) is 0 Å². The van der Waals surface area contributed by atoms with Crippen molar-refractivity contribution in [3.8, 4) is 0 Å². The summed E-state index contributed by atoms with van der Waals surface area (Å²) in [5.74, 6) is -0.224. The van der Waals surface area contributed by atoms with Gasteiger partial charge in [-0.05, 0) is 56.7 Å². The zero-order valence-electron chi connectivity index (χ0n) is 19.0. The van der Waals surface area contributed by atoms with E-state index in [0.29, 0.717) is 0 Å². The number of para-hydroxylation sites is 1. The molecule has 170 valence electrons. The van der Waals surface area contributed by atoms with E-state index in [2.05, 4.69) is 22.6 Å². The lowest BCUT2D eigenvalue weighted by atomic mass is 10.00. The second-order valence-corrected chi connectivity index (χ2v) is 10.1. The van der Waals surface area contributed by atoms with E-state index < -0.39 is 6.04 Å². The van der Waals surface area contributed by atoms with E-state index >= 15 is 0 Å². The molecule has 1 N–H and O–H groups in total. The second-order valence-electron chi connectivity index (χ2n) is 9.12. The number of nitrogens with one attached hydrogen (secondary N) is 1. The number of hydrogen-bond donors (Lipinski definition) is 1. The lowest BCUT2D eigenvalue weighted by Gasteiger charge is -2.37. The molecule has 2 aromatic heterocycles. The van der Waals surface area contributed by atoms with Crippen LogP contribution in [0.15, 0.2) is 41.8 Å². The molecule has 1 aromatic carbocycles. The van der Waals surface area contributed by atoms with Crippen molar-refractivity contribution < 1.29 is 9.59 Å². The predicted molar refractivity (Wildman–Crippen MR) is 126 cm³/mol. The highest BCUT2D eigenvalue weighted by Crippen LogP contribution is 2.34. The fourth-order valence-corrected chi connectivity index (χ4v) is 5.14. The number of aromatic nitrogens is 3. The summed E-state index contributed by atoms with van der Waals surface area (Å²) in [6.45, 7) is 6.14. The van der Waals surface area contributed by atoms with Crippen LogP contribution in [-0.4, -0.2) is 43.3 Å². The molecule has 0 unspecified atom stereocenters. The average molecular weight is 454 g/mol. The van der Waals surface area contributed by atoms with Crippen LogP contribution in [0.25, 0.3) is 11.0 Å². The number of nitrogens with zero attached hydrogens (tertiary/aromatic N) is 4. The Balaban J connectivity index is 1.69. The van der Waals surface area contributed by atoms with Crippen LogP contribution in [0.1, 0.15) is 63.8 Å². The summed E-state index contributed by atoms with van der Waals surface area (Å²) >= 11 is 1.52. The predicted octanol–water partition coefficient (Wildman–Crippen LogP) is 4.31. The molecule has 1 atom stereocenters. The molecule has 8 heteroatoms. The molecule has 1 fully saturated rings. The minimum atomic E-state index is -0.647. The van der Waals surface area contributed by atoms with Gasteiger partial charge in [0.2, 0.25) is 11.8 Å². The van der Waals surface area contributed by atoms with E-state index in [4.69, 9.17) is 0 Å². The fraction of sp³-hybridized carbons (Fsp3) is 0.500. The third-order valence-electron chi connectivity index (χ3n) is 6.40. The maximum Gasteiger partial charge on any atom is 0.248 e. The Kier molecular flexibility index (Phi) is 6.60. The Morgan fingerprint density at radius 2 is 1.97 bits per heavy atom. The fourth-order valence-electron chi connectivity index (χ4n) is 4.31. The second kappa shape index (κ2) is 9.40. The monoisotopic (exact) mass is 453 g/mol. The number of rotatable bonds is 8. The van der Waals surface area contributed by atoms with Crippen LogP contribution in [0.5, 0.6) is 0 Å². The molecular weight excluding hydrogens is 422 g/mol. The Hall–Kier alpha value is -2.74. The van der Waals surface area contributed by atoms with Crippen molar-refractivity contribution in [1.29, 1.82) is 0 Å². The van der Waals surface area contributed by atoms with Crippen LogP contribution in [-0.2, 0) is 16.1 Å². The standard InChI is InChI=1S/C24H31N5O2S/c1-4-24(2,3)25-23(31)22(20-14-9-15-32-20)29(17-10-5-6-11-17)21(30)16-28-19-13-8-7-12-18(19)26-27-28/h7-9,12-15,17,22H,4-6,10-11,16H2,1-3H3,(H,25,31)/t22-/m1/s1. The number of benzene rings is 1. The lowest BCUT2D eigenvalue weighted by Crippen LogP contribution is -2.53. The van der Waals surface area contributed by atoms with Gasteiger partial charge in [-0.3, -0.25) is 9.59 Å². The van der Waals surface area contributed by atoms with Gasteiger partial charge in [-0.15, -0.1) is 16.4 Å². The Bertz CT molecular complexity index is 1070. The van der Waals surface area contributed by atoms with Gasteiger partial charge in [-0.1, -0.05) is 43.2 Å². The molecule has 1 aliphatic carbocycles. The van der Waals surface area contributed by atoms with Gasteiger partial charge in [-0.2, -0.15) is 0 Å². The van der Waals surface area contributed by atoms with E-state index in [9.17, 15) is 9.59 Å². The summed E-state index contributed by atoms with van der Waals surface area (Å²) in [7, 11) is 0. The summed E-state index contributed by atoms with van der Waals surface area (Å²) in [5, 5.41) is 13.5. The van der Waals surface area contributed by atoms with Crippen molar-refractivity contribution >= 4 is 34.2 Å². The molecule has 0 spiro atoms. The summed E-state index contributed by atoms with van der Waals surface area (Å²) in [5.41, 5.74) is 1.22. The highest BCUT2D eigenvalue weighted by molar-refractivity contribution is 7.10. The first-order chi connectivity index (χ1) is 15.4. The first kappa shape index (κ1) is 22.5. The lowest BCUT2D eigenvalue weighted by molar-refractivity contribution is -0.144. The number of fused-ring (bicyclic) bond motifs is 1. The number of carbonyl (C=O) groups is 2. The van der Waals surface area contributed by atoms with Crippen LogP contribution in [0, 0.1) is 0 Å². The molecule has 0 radical (unpaired) electrons. The molecule has 2 amide bonds. The molecule has 0 bridgehead atoms. The Morgan fingerprint density at radius 3 is 2.66 bits per heavy atom. The van der Waals surface area contributed by atoms with Crippen LogP contribution < -0.4 is 5.32 Å². The van der Waals surface area contributed by atoms with Gasteiger partial charge in [-0.25, -0.2) is 4.68 Å². The molecule has 0 aliphatic heterocycles. The van der Waals surface area contributed by atoms with Gasteiger partial charge in [0, 0.05) is 16.5 Å². The van der Waals surface area contributed by atoms with E-state index in [1.165, 1.54) is 11.3 Å². The number of hydrogen-bond acceptors (Lipinski definition) is 5. The van der Waals surface area contributed by atoms with Gasteiger partial charge >= 0.3 is 0 Å². The molecule has 1 saturated carbocycles. The molecule has 3 aromatic rings. The minimum Gasteiger partial charge on any atom is -0.349 e. The summed E-state index contributed by atoms with van der Waals surface area (Å²) in [4.78, 5) is 30.1. The number of thiophene rings is 1. The van der Waals surface area contributed by atoms with E-state index in [1.54, 1.807) is 4.68 Å². The van der Waals surface area contributed by atoms with Crippen molar-refractivity contribution in [1.82, 2.24) is 25.2 Å². The van der Waals surface area contributed by atoms with E-state index in [1.807, 2.05) is 60.5 Å². The highest BCUT2D eigenvalue weighted by Gasteiger charge is 2.39. The topological polar surface area (TPSA) is 80.1 Å². The zero-order valence-corrected chi connectivity index (χ0v) is 19.8. The molecule has 32 heavy (non-hydrogen) atoms. The molecule has 0 saturated heterocycles. The van der Waals surface area contributed by atoms with Crippen LogP contribution in [0.3, 0.4) is 0 Å². The summed E-state index contributed by atoms with van der Waals surface area (Å²) in [6, 6.07) is 10.9. The van der Waals surface area contributed by atoms with Crippen molar-refractivity contribution in [2.75, 3.05) is 0 Å². The Morgan fingerprint density at radius 1 is 1.22 bits per heavy atom. The van der Waals surface area contributed by atoms with Crippen LogP contribution in [0.4, 0.5) is 0 Å². The average Bonchev–Trinajstić information content (AvgIpc) is 3.54. The normalized spacial score (nSPS) is 15.7. The van der Waals surface area contributed by atoms with E-state index in [-0.39, 0.29) is 29.9 Å². The smallest absolute Gasteiger partial charge is 0.248 e. The third kappa shape index (κ3) is 4.70. The largest absolute Gasteiger partial charge is 0.349 e. The highest BCUT2D eigenvalue weighted by atomic mass is 32.1. The first-order valence-corrected chi connectivity index (χ1v) is 12.2. The molecule has 1 aliphatic rings. The minimum absolute atomic E-state index is 0.0416. The van der Waals surface area contributed by atoms with Crippen molar-refractivity contribution in [3.05, 3.63) is 46.7 Å². The number of amides is 2. The van der Waals surface area contributed by atoms with E-state index in [0.717, 1.165) is 48.0 Å². The van der Waals surface area contributed by atoms with Crippen LogP contribution in [0.2, 0.25) is 0 Å². The van der Waals surface area contributed by atoms with Gasteiger partial charge in [0.25, 0.3) is 0 Å². The molecular formula is C24H31N5O2S. The SMILES string of the molecule is CCC(C)(C)NC(=O)[C@@H](c1cccs1)N(C(=O)Cn1nnc2ccccc21)C1CCCC1. The maximum atomic E-state index is 13.8. The van der Waals surface area contributed by atoms with Gasteiger partial charge in [0.15, 0.2) is 0 Å². The first-order valence-electron chi connectivity index (χ1n) is 11.3. The molecule has 2 heterocycles. The van der Waals surface area contributed by atoms with Gasteiger partial charge < -0.3 is 10.2 Å². The molecule has 7 nitrogen and oxygen atoms in total. The van der Waals surface area contributed by atoms with Gasteiger partial charge in [0.05, 0.1) is 5.52 Å². The maximum absolute atomic E-state index is 13.8. The third-order valence-corrected chi connectivity index (χ3v) is 7.32. The quantitative estimate of drug-likeness (QED) is 0.551. The van der Waals surface area contributed by atoms with Crippen molar-refractivity contribution in [2.24, 2.45) is 0 Å². The zero-order chi connectivity index (χ0) is 22.7. The summed E-state index contributed by atoms with van der Waals surface area (Å²) < 4.78 is 1.64. The Labute approximate surface area is 192 Å². The van der Waals surface area contributed by atoms with Crippen LogP contribution >= 0.6 is 11.3 Å².